The zero-order valence-electron chi connectivity index (χ0n) is 7.85. The molecule has 16 heavy (non-hydrogen) atoms. The second-order valence-corrected chi connectivity index (χ2v) is 2.15. The van der Waals surface area contributed by atoms with Crippen molar-refractivity contribution in [2.24, 2.45) is 0 Å². The largest absolute Gasteiger partial charge is 0.243 e. The quantitative estimate of drug-likeness (QED) is 0.663. The highest BCUT2D eigenvalue weighted by Crippen LogP contribution is 2.08. The maximum atomic E-state index is 11.4. The number of rotatable bonds is 4. The monoisotopic (exact) mass is 256 g/mol. The molecule has 0 unspecified atom stereocenters. The molecule has 0 saturated carbocycles. The van der Waals surface area contributed by atoms with Crippen molar-refractivity contribution in [3.63, 3.8) is 0 Å². The van der Waals surface area contributed by atoms with Gasteiger partial charge in [-0.25, -0.2) is 35.1 Å². The van der Waals surface area contributed by atoms with Gasteiger partial charge in [0.25, 0.3) is 0 Å². The van der Waals surface area contributed by atoms with Gasteiger partial charge in [-0.3, -0.25) is 0 Å². The number of halogens is 8. The molecule has 0 aromatic heterocycles. The van der Waals surface area contributed by atoms with Gasteiger partial charge in [-0.1, -0.05) is 0 Å². The Morgan fingerprint density at radius 2 is 0.562 bits per heavy atom. The molecule has 0 spiro atoms. The van der Waals surface area contributed by atoms with Crippen molar-refractivity contribution in [2.75, 3.05) is 26.7 Å². The van der Waals surface area contributed by atoms with Crippen LogP contribution in [0.25, 0.3) is 0 Å². The van der Waals surface area contributed by atoms with Gasteiger partial charge in [0.05, 0.1) is 0 Å². The average Bonchev–Trinajstić information content (AvgIpc) is 2.35. The van der Waals surface area contributed by atoms with Crippen LogP contribution in [0.1, 0.15) is 0 Å². The lowest BCUT2D eigenvalue weighted by Crippen LogP contribution is -1.83. The van der Waals surface area contributed by atoms with Gasteiger partial charge in [0, 0.05) is 0 Å². The van der Waals surface area contributed by atoms with Crippen molar-refractivity contribution in [2.45, 2.75) is 0 Å². The summed E-state index contributed by atoms with van der Waals surface area (Å²) >= 11 is 0. The molecule has 0 heterocycles. The zero-order chi connectivity index (χ0) is 13.1. The third-order valence-electron chi connectivity index (χ3n) is 1.06. The molecule has 0 aliphatic heterocycles. The summed E-state index contributed by atoms with van der Waals surface area (Å²) < 4.78 is 89.6. The summed E-state index contributed by atoms with van der Waals surface area (Å²) in [5.41, 5.74) is 0. The van der Waals surface area contributed by atoms with Crippen LogP contribution in [-0.4, -0.2) is 26.7 Å². The van der Waals surface area contributed by atoms with Gasteiger partial charge >= 0.3 is 0 Å². The van der Waals surface area contributed by atoms with E-state index in [1.807, 2.05) is 0 Å². The Balaban J connectivity index is 0. The maximum absolute atomic E-state index is 11.4. The topological polar surface area (TPSA) is 0 Å². The molecule has 0 aromatic rings. The van der Waals surface area contributed by atoms with Crippen LogP contribution in [0.3, 0.4) is 0 Å². The molecule has 0 aliphatic rings. The van der Waals surface area contributed by atoms with E-state index in [9.17, 15) is 35.1 Å². The Labute approximate surface area is 86.2 Å². The second-order valence-electron chi connectivity index (χ2n) is 2.15. The Bertz CT molecular complexity index is 194. The number of hydrogen-bond donors (Lipinski definition) is 0. The molecule has 0 saturated heterocycles. The third-order valence-corrected chi connectivity index (χ3v) is 1.06. The maximum Gasteiger partial charge on any atom is 0.165 e. The van der Waals surface area contributed by atoms with Gasteiger partial charge in [0.2, 0.25) is 0 Å². The number of allylic oxidation sites excluding steroid dienone is 4. The first-order valence-electron chi connectivity index (χ1n) is 3.74. The minimum Gasteiger partial charge on any atom is -0.243 e. The molecule has 0 nitrogen and oxygen atoms in total. The molecular weight excluding hydrogens is 248 g/mol. The van der Waals surface area contributed by atoms with Crippen LogP contribution in [-0.2, 0) is 0 Å². The highest BCUT2D eigenvalue weighted by atomic mass is 19.2. The van der Waals surface area contributed by atoms with Gasteiger partial charge in [0.15, 0.2) is 23.3 Å². The van der Waals surface area contributed by atoms with Gasteiger partial charge in [-0.05, 0) is 0 Å². The van der Waals surface area contributed by atoms with E-state index in [1.54, 1.807) is 0 Å². The van der Waals surface area contributed by atoms with Crippen molar-refractivity contribution in [3.8, 4) is 0 Å². The predicted octanol–water partition coefficient (Wildman–Crippen LogP) is 4.15. The standard InChI is InChI=1S/2C4H4F4/c2*5-1-3(7)4(8)2-6/h2*1-2H2. The molecule has 96 valence electrons. The van der Waals surface area contributed by atoms with Gasteiger partial charge in [0.1, 0.15) is 26.7 Å². The Morgan fingerprint density at radius 3 is 0.625 bits per heavy atom. The normalized spacial score (nSPS) is 13.5. The first kappa shape index (κ1) is 17.3. The van der Waals surface area contributed by atoms with E-state index in [-0.39, 0.29) is 0 Å². The lowest BCUT2D eigenvalue weighted by Gasteiger charge is -1.86. The lowest BCUT2D eigenvalue weighted by atomic mass is 10.5. The van der Waals surface area contributed by atoms with E-state index in [2.05, 4.69) is 0 Å². The summed E-state index contributed by atoms with van der Waals surface area (Å²) in [7, 11) is 0. The Kier molecular flexibility index (Phi) is 11.3. The molecule has 0 aromatic carbocycles. The first-order valence-corrected chi connectivity index (χ1v) is 3.74. The molecule has 0 amide bonds. The van der Waals surface area contributed by atoms with Crippen molar-refractivity contribution >= 4 is 0 Å². The third kappa shape index (κ3) is 8.25. The number of alkyl halides is 4. The summed E-state index contributed by atoms with van der Waals surface area (Å²) in [6, 6.07) is 0. The first-order chi connectivity index (χ1) is 7.44. The van der Waals surface area contributed by atoms with E-state index in [0.717, 1.165) is 0 Å². The molecule has 0 radical (unpaired) electrons. The second kappa shape index (κ2) is 10.4. The van der Waals surface area contributed by atoms with E-state index in [0.29, 0.717) is 0 Å². The van der Waals surface area contributed by atoms with E-state index < -0.39 is 50.0 Å². The lowest BCUT2D eigenvalue weighted by molar-refractivity contribution is 0.389. The van der Waals surface area contributed by atoms with Crippen molar-refractivity contribution in [3.05, 3.63) is 23.3 Å². The van der Waals surface area contributed by atoms with E-state index >= 15 is 0 Å². The van der Waals surface area contributed by atoms with E-state index in [4.69, 9.17) is 0 Å². The summed E-state index contributed by atoms with van der Waals surface area (Å²) in [6.07, 6.45) is 0. The van der Waals surface area contributed by atoms with Crippen LogP contribution in [0, 0.1) is 0 Å². The molecule has 0 rings (SSSR count). The highest BCUT2D eigenvalue weighted by Gasteiger charge is 2.03. The van der Waals surface area contributed by atoms with Crippen LogP contribution in [0.15, 0.2) is 23.3 Å². The van der Waals surface area contributed by atoms with Gasteiger partial charge < -0.3 is 0 Å². The zero-order valence-corrected chi connectivity index (χ0v) is 7.85. The molecule has 0 aliphatic carbocycles. The van der Waals surface area contributed by atoms with Gasteiger partial charge in [-0.2, -0.15) is 0 Å². The molecule has 0 fully saturated rings. The van der Waals surface area contributed by atoms with Crippen LogP contribution >= 0.6 is 0 Å². The van der Waals surface area contributed by atoms with Gasteiger partial charge in [-0.15, -0.1) is 0 Å². The molecular formula is C8H8F8. The fraction of sp³-hybridized carbons (Fsp3) is 0.500. The fourth-order valence-corrected chi connectivity index (χ4v) is 0.290. The molecule has 0 atom stereocenters. The van der Waals surface area contributed by atoms with Crippen LogP contribution in [0.4, 0.5) is 35.1 Å². The molecule has 0 N–H and O–H groups in total. The van der Waals surface area contributed by atoms with Crippen molar-refractivity contribution in [1.29, 1.82) is 0 Å². The van der Waals surface area contributed by atoms with Crippen LogP contribution in [0.5, 0.6) is 0 Å². The van der Waals surface area contributed by atoms with Crippen molar-refractivity contribution in [1.82, 2.24) is 0 Å². The number of hydrogen-bond acceptors (Lipinski definition) is 0. The van der Waals surface area contributed by atoms with Crippen LogP contribution in [0.2, 0.25) is 0 Å². The van der Waals surface area contributed by atoms with Crippen molar-refractivity contribution < 1.29 is 35.1 Å². The SMILES string of the molecule is FCC(F)=C(F)CF.FCC(F)=C(F)CF. The molecule has 8 heteroatoms. The minimum absolute atomic E-state index is 1.57. The summed E-state index contributed by atoms with van der Waals surface area (Å²) in [5, 5.41) is 0. The summed E-state index contributed by atoms with van der Waals surface area (Å²) in [5.74, 6) is -6.64. The average molecular weight is 256 g/mol. The highest BCUT2D eigenvalue weighted by molar-refractivity contribution is 4.99. The minimum atomic E-state index is -1.66. The summed E-state index contributed by atoms with van der Waals surface area (Å²) in [4.78, 5) is 0. The fourth-order valence-electron chi connectivity index (χ4n) is 0.290. The Hall–Kier alpha value is -1.08. The Morgan fingerprint density at radius 1 is 0.438 bits per heavy atom. The smallest absolute Gasteiger partial charge is 0.165 e. The van der Waals surface area contributed by atoms with E-state index in [1.165, 1.54) is 0 Å². The predicted molar refractivity (Wildman–Crippen MR) is 42.4 cm³/mol. The van der Waals surface area contributed by atoms with Crippen LogP contribution < -0.4 is 0 Å². The summed E-state index contributed by atoms with van der Waals surface area (Å²) in [6.45, 7) is -6.29. The molecule has 0 bridgehead atoms.